The van der Waals surface area contributed by atoms with Gasteiger partial charge in [0.05, 0.1) is 6.04 Å². The second-order valence-electron chi connectivity index (χ2n) is 6.12. The molecule has 1 aromatic heterocycles. The Morgan fingerprint density at radius 1 is 1.05 bits per heavy atom. The standard InChI is InChI=1S/C15H23ClN4/c1-19-8-9-20(2)13(10-19)15-17-12-7-5-3-4-6-11(12)14(16)18-15/h13H,3-10H2,1-2H3. The molecular formula is C15H23ClN4. The highest BCUT2D eigenvalue weighted by atomic mass is 35.5. The fourth-order valence-corrected chi connectivity index (χ4v) is 3.47. The Morgan fingerprint density at radius 2 is 1.85 bits per heavy atom. The molecule has 2 heterocycles. The van der Waals surface area contributed by atoms with E-state index < -0.39 is 0 Å². The van der Waals surface area contributed by atoms with Crippen LogP contribution in [0.1, 0.15) is 42.4 Å². The van der Waals surface area contributed by atoms with Gasteiger partial charge in [0.25, 0.3) is 0 Å². The second kappa shape index (κ2) is 5.96. The van der Waals surface area contributed by atoms with Crippen LogP contribution < -0.4 is 0 Å². The molecule has 0 N–H and O–H groups in total. The third kappa shape index (κ3) is 2.83. The van der Waals surface area contributed by atoms with Crippen molar-refractivity contribution in [2.24, 2.45) is 0 Å². The Hall–Kier alpha value is -0.710. The van der Waals surface area contributed by atoms with Crippen LogP contribution in [0.4, 0.5) is 0 Å². The minimum absolute atomic E-state index is 0.264. The third-order valence-electron chi connectivity index (χ3n) is 4.55. The van der Waals surface area contributed by atoms with Crippen molar-refractivity contribution in [3.63, 3.8) is 0 Å². The maximum absolute atomic E-state index is 6.44. The van der Waals surface area contributed by atoms with Crippen molar-refractivity contribution in [1.29, 1.82) is 0 Å². The van der Waals surface area contributed by atoms with Gasteiger partial charge in [-0.25, -0.2) is 9.97 Å². The smallest absolute Gasteiger partial charge is 0.148 e. The number of aromatic nitrogens is 2. The number of halogens is 1. The number of piperazine rings is 1. The predicted molar refractivity (Wildman–Crippen MR) is 81.2 cm³/mol. The molecule has 1 unspecified atom stereocenters. The highest BCUT2D eigenvalue weighted by Gasteiger charge is 2.27. The predicted octanol–water partition coefficient (Wildman–Crippen LogP) is 2.32. The first-order valence-electron chi connectivity index (χ1n) is 7.59. The van der Waals surface area contributed by atoms with Crippen LogP contribution in [0, 0.1) is 0 Å². The first-order chi connectivity index (χ1) is 9.65. The van der Waals surface area contributed by atoms with Gasteiger partial charge < -0.3 is 4.90 Å². The van der Waals surface area contributed by atoms with Crippen molar-refractivity contribution in [2.45, 2.75) is 38.1 Å². The number of likely N-dealkylation sites (N-methyl/N-ethyl adjacent to an activating group) is 2. The van der Waals surface area contributed by atoms with Gasteiger partial charge in [-0.2, -0.15) is 0 Å². The molecular weight excluding hydrogens is 272 g/mol. The van der Waals surface area contributed by atoms with Crippen LogP contribution in [-0.4, -0.2) is 53.5 Å². The van der Waals surface area contributed by atoms with Gasteiger partial charge in [-0.1, -0.05) is 18.0 Å². The summed E-state index contributed by atoms with van der Waals surface area (Å²) >= 11 is 6.44. The van der Waals surface area contributed by atoms with Gasteiger partial charge in [-0.05, 0) is 39.8 Å². The normalized spacial score (nSPS) is 25.2. The largest absolute Gasteiger partial charge is 0.303 e. The van der Waals surface area contributed by atoms with Crippen LogP contribution in [0.3, 0.4) is 0 Å². The maximum Gasteiger partial charge on any atom is 0.148 e. The zero-order chi connectivity index (χ0) is 14.1. The number of hydrogen-bond donors (Lipinski definition) is 0. The molecule has 110 valence electrons. The molecule has 5 heteroatoms. The molecule has 1 atom stereocenters. The SMILES string of the molecule is CN1CCN(C)C(c2nc(Cl)c3c(n2)CCCCC3)C1. The van der Waals surface area contributed by atoms with Crippen molar-refractivity contribution in [3.8, 4) is 0 Å². The third-order valence-corrected chi connectivity index (χ3v) is 4.86. The first kappa shape index (κ1) is 14.2. The molecule has 0 saturated carbocycles. The average molecular weight is 295 g/mol. The van der Waals surface area contributed by atoms with E-state index in [-0.39, 0.29) is 6.04 Å². The topological polar surface area (TPSA) is 32.3 Å². The molecule has 0 radical (unpaired) electrons. The summed E-state index contributed by atoms with van der Waals surface area (Å²) < 4.78 is 0. The Kier molecular flexibility index (Phi) is 4.24. The van der Waals surface area contributed by atoms with Gasteiger partial charge in [0.2, 0.25) is 0 Å². The minimum atomic E-state index is 0.264. The van der Waals surface area contributed by atoms with Gasteiger partial charge in [-0.3, -0.25) is 4.90 Å². The molecule has 20 heavy (non-hydrogen) atoms. The molecule has 0 amide bonds. The Labute approximate surface area is 126 Å². The summed E-state index contributed by atoms with van der Waals surface area (Å²) in [5, 5.41) is 0.688. The minimum Gasteiger partial charge on any atom is -0.303 e. The molecule has 1 fully saturated rings. The molecule has 2 aliphatic rings. The number of fused-ring (bicyclic) bond motifs is 1. The molecule has 1 saturated heterocycles. The van der Waals surface area contributed by atoms with Crippen molar-refractivity contribution >= 4 is 11.6 Å². The molecule has 0 aromatic carbocycles. The van der Waals surface area contributed by atoms with E-state index in [1.54, 1.807) is 0 Å². The van der Waals surface area contributed by atoms with E-state index in [9.17, 15) is 0 Å². The van der Waals surface area contributed by atoms with Crippen molar-refractivity contribution in [3.05, 3.63) is 22.2 Å². The van der Waals surface area contributed by atoms with E-state index in [1.807, 2.05) is 0 Å². The Balaban J connectivity index is 1.93. The monoisotopic (exact) mass is 294 g/mol. The molecule has 0 spiro atoms. The van der Waals surface area contributed by atoms with Crippen LogP contribution in [0.2, 0.25) is 5.15 Å². The molecule has 3 rings (SSSR count). The first-order valence-corrected chi connectivity index (χ1v) is 7.97. The van der Waals surface area contributed by atoms with Gasteiger partial charge >= 0.3 is 0 Å². The number of rotatable bonds is 1. The summed E-state index contributed by atoms with van der Waals surface area (Å²) in [5.74, 6) is 0.907. The summed E-state index contributed by atoms with van der Waals surface area (Å²) in [7, 11) is 4.31. The number of hydrogen-bond acceptors (Lipinski definition) is 4. The van der Waals surface area contributed by atoms with E-state index >= 15 is 0 Å². The Morgan fingerprint density at radius 3 is 2.70 bits per heavy atom. The highest BCUT2D eigenvalue weighted by Crippen LogP contribution is 2.28. The second-order valence-corrected chi connectivity index (χ2v) is 6.48. The lowest BCUT2D eigenvalue weighted by atomic mass is 10.1. The van der Waals surface area contributed by atoms with Crippen LogP contribution in [0.15, 0.2) is 0 Å². The summed E-state index contributed by atoms with van der Waals surface area (Å²) in [6.07, 6.45) is 5.79. The van der Waals surface area contributed by atoms with Crippen LogP contribution in [0.5, 0.6) is 0 Å². The zero-order valence-electron chi connectivity index (χ0n) is 12.4. The molecule has 1 aromatic rings. The zero-order valence-corrected chi connectivity index (χ0v) is 13.2. The Bertz CT molecular complexity index is 491. The van der Waals surface area contributed by atoms with Gasteiger partial charge in [0, 0.05) is 30.9 Å². The van der Waals surface area contributed by atoms with Crippen molar-refractivity contribution in [1.82, 2.24) is 19.8 Å². The van der Waals surface area contributed by atoms with Gasteiger partial charge in [0.1, 0.15) is 11.0 Å². The van der Waals surface area contributed by atoms with E-state index in [0.717, 1.165) is 38.3 Å². The number of nitrogens with zero attached hydrogens (tertiary/aromatic N) is 4. The van der Waals surface area contributed by atoms with Crippen LogP contribution in [-0.2, 0) is 12.8 Å². The van der Waals surface area contributed by atoms with E-state index in [2.05, 4.69) is 28.9 Å². The summed E-state index contributed by atoms with van der Waals surface area (Å²) in [4.78, 5) is 14.2. The quantitative estimate of drug-likeness (QED) is 0.588. The van der Waals surface area contributed by atoms with Crippen LogP contribution in [0.25, 0.3) is 0 Å². The van der Waals surface area contributed by atoms with E-state index in [0.29, 0.717) is 5.15 Å². The lowest BCUT2D eigenvalue weighted by Crippen LogP contribution is -2.45. The molecule has 4 nitrogen and oxygen atoms in total. The maximum atomic E-state index is 6.44. The summed E-state index contributed by atoms with van der Waals surface area (Å²) in [5.41, 5.74) is 2.39. The van der Waals surface area contributed by atoms with Gasteiger partial charge in [0.15, 0.2) is 0 Å². The fraction of sp³-hybridized carbons (Fsp3) is 0.733. The van der Waals surface area contributed by atoms with Crippen molar-refractivity contribution < 1.29 is 0 Å². The van der Waals surface area contributed by atoms with Crippen LogP contribution >= 0.6 is 11.6 Å². The molecule has 1 aliphatic heterocycles. The van der Waals surface area contributed by atoms with E-state index in [1.165, 1.54) is 30.5 Å². The molecule has 0 bridgehead atoms. The molecule has 1 aliphatic carbocycles. The lowest BCUT2D eigenvalue weighted by molar-refractivity contribution is 0.109. The highest BCUT2D eigenvalue weighted by molar-refractivity contribution is 6.30. The summed E-state index contributed by atoms with van der Waals surface area (Å²) in [6.45, 7) is 3.14. The number of aryl methyl sites for hydroxylation is 1. The van der Waals surface area contributed by atoms with E-state index in [4.69, 9.17) is 16.6 Å². The average Bonchev–Trinajstić information content (AvgIpc) is 2.67. The fourth-order valence-electron chi connectivity index (χ4n) is 3.18. The van der Waals surface area contributed by atoms with Gasteiger partial charge in [-0.15, -0.1) is 0 Å². The lowest BCUT2D eigenvalue weighted by Gasteiger charge is -2.36. The van der Waals surface area contributed by atoms with Crippen molar-refractivity contribution in [2.75, 3.05) is 33.7 Å². The summed E-state index contributed by atoms with van der Waals surface area (Å²) in [6, 6.07) is 0.264.